The van der Waals surface area contributed by atoms with Gasteiger partial charge in [0, 0.05) is 18.0 Å². The molecule has 3 N–H and O–H groups in total. The van der Waals surface area contributed by atoms with Gasteiger partial charge in [-0.05, 0) is 30.2 Å². The van der Waals surface area contributed by atoms with Crippen LogP contribution in [0, 0.1) is 5.92 Å². The minimum Gasteiger partial charge on any atom is -0.370 e. The number of nitrogens with two attached hydrogens (primary N) is 1. The second-order valence-electron chi connectivity index (χ2n) is 5.10. The number of nitrogens with one attached hydrogen (secondary N) is 1. The molecule has 0 spiro atoms. The topological polar surface area (TPSA) is 50.4 Å². The van der Waals surface area contributed by atoms with E-state index in [0.717, 1.165) is 19.5 Å². The Hall–Kier alpha value is -0.300. The second kappa shape index (κ2) is 12.4. The molecule has 1 aromatic rings. The highest BCUT2D eigenvalue weighted by Crippen LogP contribution is 2.14. The van der Waals surface area contributed by atoms with Gasteiger partial charge in [-0.3, -0.25) is 4.99 Å². The van der Waals surface area contributed by atoms with E-state index in [-0.39, 0.29) is 24.0 Å². The summed E-state index contributed by atoms with van der Waals surface area (Å²) in [6.07, 6.45) is 6.10. The molecule has 0 amide bonds. The van der Waals surface area contributed by atoms with Crippen molar-refractivity contribution in [1.82, 2.24) is 5.32 Å². The van der Waals surface area contributed by atoms with Crippen molar-refractivity contribution in [1.29, 1.82) is 0 Å². The van der Waals surface area contributed by atoms with Crippen LogP contribution < -0.4 is 11.1 Å². The molecule has 1 unspecified atom stereocenters. The maximum Gasteiger partial charge on any atom is 0.188 e. The molecule has 20 heavy (non-hydrogen) atoms. The van der Waals surface area contributed by atoms with E-state index in [1.54, 1.807) is 0 Å². The molecule has 0 saturated heterocycles. The maximum absolute atomic E-state index is 5.85. The van der Waals surface area contributed by atoms with Crippen LogP contribution in [0.25, 0.3) is 0 Å². The lowest BCUT2D eigenvalue weighted by Gasteiger charge is -2.09. The zero-order valence-corrected chi connectivity index (χ0v) is 15.7. The summed E-state index contributed by atoms with van der Waals surface area (Å²) in [7, 11) is 0. The molecule has 116 valence electrons. The van der Waals surface area contributed by atoms with Crippen LogP contribution in [0.4, 0.5) is 0 Å². The fourth-order valence-corrected chi connectivity index (χ4v) is 2.78. The third-order valence-corrected chi connectivity index (χ3v) is 3.94. The summed E-state index contributed by atoms with van der Waals surface area (Å²) in [6, 6.07) is 4.28. The van der Waals surface area contributed by atoms with Crippen molar-refractivity contribution in [3.05, 3.63) is 22.4 Å². The maximum atomic E-state index is 5.85. The molecule has 3 nitrogen and oxygen atoms in total. The zero-order chi connectivity index (χ0) is 13.9. The van der Waals surface area contributed by atoms with Gasteiger partial charge in [-0.15, -0.1) is 35.3 Å². The van der Waals surface area contributed by atoms with Crippen molar-refractivity contribution in [2.45, 2.75) is 46.0 Å². The molecule has 1 aromatic heterocycles. The van der Waals surface area contributed by atoms with Crippen LogP contribution in [0.1, 0.15) is 44.4 Å². The quantitative estimate of drug-likeness (QED) is 0.280. The molecule has 0 fully saturated rings. The fourth-order valence-electron chi connectivity index (χ4n) is 1.92. The van der Waals surface area contributed by atoms with Gasteiger partial charge in [0.1, 0.15) is 0 Å². The van der Waals surface area contributed by atoms with Crippen LogP contribution in [0.15, 0.2) is 22.5 Å². The van der Waals surface area contributed by atoms with E-state index < -0.39 is 0 Å². The first-order valence-electron chi connectivity index (χ1n) is 7.28. The highest BCUT2D eigenvalue weighted by molar-refractivity contribution is 14.0. The van der Waals surface area contributed by atoms with E-state index in [1.807, 2.05) is 11.3 Å². The van der Waals surface area contributed by atoms with Crippen molar-refractivity contribution in [3.8, 4) is 0 Å². The minimum atomic E-state index is 0. The lowest BCUT2D eigenvalue weighted by atomic mass is 10.1. The summed E-state index contributed by atoms with van der Waals surface area (Å²) in [4.78, 5) is 5.84. The molecule has 0 aliphatic heterocycles. The third kappa shape index (κ3) is 9.58. The Labute approximate surface area is 144 Å². The minimum absolute atomic E-state index is 0. The first-order chi connectivity index (χ1) is 9.22. The Kier molecular flexibility index (Phi) is 12.3. The van der Waals surface area contributed by atoms with Gasteiger partial charge in [0.25, 0.3) is 0 Å². The van der Waals surface area contributed by atoms with Gasteiger partial charge >= 0.3 is 0 Å². The SMILES string of the molecule is CCCCCCNC(N)=NCC(C)Cc1cccs1.I. The number of halogens is 1. The van der Waals surface area contributed by atoms with Crippen molar-refractivity contribution in [3.63, 3.8) is 0 Å². The Morgan fingerprint density at radius 1 is 1.40 bits per heavy atom. The monoisotopic (exact) mass is 409 g/mol. The number of thiophene rings is 1. The number of rotatable bonds is 9. The highest BCUT2D eigenvalue weighted by Gasteiger charge is 2.04. The Balaban J connectivity index is 0.00000361. The zero-order valence-electron chi connectivity index (χ0n) is 12.6. The van der Waals surface area contributed by atoms with E-state index in [2.05, 4.69) is 41.7 Å². The molecule has 0 aliphatic rings. The van der Waals surface area contributed by atoms with Crippen molar-refractivity contribution < 1.29 is 0 Å². The molecule has 0 saturated carbocycles. The molecule has 5 heteroatoms. The second-order valence-corrected chi connectivity index (χ2v) is 6.13. The average molecular weight is 409 g/mol. The molecule has 1 atom stereocenters. The summed E-state index contributed by atoms with van der Waals surface area (Å²) >= 11 is 1.81. The standard InChI is InChI=1S/C15H27N3S.HI/c1-3-4-5-6-9-17-15(16)18-12-13(2)11-14-8-7-10-19-14;/h7-8,10,13H,3-6,9,11-12H2,1-2H3,(H3,16,17,18);1H. The third-order valence-electron chi connectivity index (χ3n) is 3.04. The Morgan fingerprint density at radius 3 is 2.85 bits per heavy atom. The first kappa shape index (κ1) is 19.7. The van der Waals surface area contributed by atoms with Gasteiger partial charge in [-0.1, -0.05) is 39.2 Å². The number of hydrogen-bond donors (Lipinski definition) is 2. The van der Waals surface area contributed by atoms with E-state index in [9.17, 15) is 0 Å². The van der Waals surface area contributed by atoms with E-state index in [0.29, 0.717) is 11.9 Å². The summed E-state index contributed by atoms with van der Waals surface area (Å²) in [6.45, 7) is 6.18. The summed E-state index contributed by atoms with van der Waals surface area (Å²) in [5.41, 5.74) is 5.85. The number of aliphatic imine (C=N–C) groups is 1. The molecule has 0 radical (unpaired) electrons. The fraction of sp³-hybridized carbons (Fsp3) is 0.667. The van der Waals surface area contributed by atoms with Gasteiger partial charge < -0.3 is 11.1 Å². The van der Waals surface area contributed by atoms with Crippen LogP contribution in [0.2, 0.25) is 0 Å². The number of unbranched alkanes of at least 4 members (excludes halogenated alkanes) is 3. The Bertz CT molecular complexity index is 352. The molecule has 1 heterocycles. The molecular weight excluding hydrogens is 381 g/mol. The first-order valence-corrected chi connectivity index (χ1v) is 8.16. The number of nitrogens with zero attached hydrogens (tertiary/aromatic N) is 1. The summed E-state index contributed by atoms with van der Waals surface area (Å²) in [5, 5.41) is 5.31. The van der Waals surface area contributed by atoms with Crippen LogP contribution in [0.5, 0.6) is 0 Å². The molecule has 0 aromatic carbocycles. The highest BCUT2D eigenvalue weighted by atomic mass is 127. The van der Waals surface area contributed by atoms with E-state index in [1.165, 1.54) is 30.6 Å². The predicted molar refractivity (Wildman–Crippen MR) is 101 cm³/mol. The van der Waals surface area contributed by atoms with Crippen molar-refractivity contribution in [2.24, 2.45) is 16.6 Å². The summed E-state index contributed by atoms with van der Waals surface area (Å²) < 4.78 is 0. The lowest BCUT2D eigenvalue weighted by molar-refractivity contribution is 0.595. The van der Waals surface area contributed by atoms with Crippen LogP contribution >= 0.6 is 35.3 Å². The Morgan fingerprint density at radius 2 is 2.20 bits per heavy atom. The van der Waals surface area contributed by atoms with Crippen molar-refractivity contribution >= 4 is 41.3 Å². The largest absolute Gasteiger partial charge is 0.370 e. The van der Waals surface area contributed by atoms with E-state index >= 15 is 0 Å². The molecule has 1 rings (SSSR count). The van der Waals surface area contributed by atoms with Gasteiger partial charge in [-0.2, -0.15) is 0 Å². The molecule has 0 aliphatic carbocycles. The van der Waals surface area contributed by atoms with Crippen molar-refractivity contribution in [2.75, 3.05) is 13.1 Å². The van der Waals surface area contributed by atoms with Gasteiger partial charge in [0.2, 0.25) is 0 Å². The number of hydrogen-bond acceptors (Lipinski definition) is 2. The van der Waals surface area contributed by atoms with Gasteiger partial charge in [0.15, 0.2) is 5.96 Å². The van der Waals surface area contributed by atoms with E-state index in [4.69, 9.17) is 5.73 Å². The van der Waals surface area contributed by atoms with Crippen LogP contribution in [-0.4, -0.2) is 19.0 Å². The average Bonchev–Trinajstić information content (AvgIpc) is 2.89. The lowest BCUT2D eigenvalue weighted by Crippen LogP contribution is -2.33. The van der Waals surface area contributed by atoms with Crippen LogP contribution in [0.3, 0.4) is 0 Å². The number of guanidine groups is 1. The smallest absolute Gasteiger partial charge is 0.188 e. The predicted octanol–water partition coefficient (Wildman–Crippen LogP) is 4.03. The normalized spacial score (nSPS) is 12.8. The molecule has 0 bridgehead atoms. The summed E-state index contributed by atoms with van der Waals surface area (Å²) in [5.74, 6) is 1.13. The molecular formula is C15H28IN3S. The van der Waals surface area contributed by atoms with Gasteiger partial charge in [0.05, 0.1) is 0 Å². The van der Waals surface area contributed by atoms with Crippen LogP contribution in [-0.2, 0) is 6.42 Å². The van der Waals surface area contributed by atoms with Gasteiger partial charge in [-0.25, -0.2) is 0 Å².